The monoisotopic (exact) mass is 373 g/mol. The molecule has 6 heteroatoms. The van der Waals surface area contributed by atoms with Crippen molar-refractivity contribution in [1.82, 2.24) is 14.5 Å². The molecule has 1 aliphatic rings. The number of likely N-dealkylation sites (tertiary alicyclic amines) is 1. The molecule has 26 heavy (non-hydrogen) atoms. The van der Waals surface area contributed by atoms with E-state index in [1.165, 1.54) is 4.90 Å². The molecule has 1 aromatic heterocycles. The molecule has 0 spiro atoms. The Hall–Kier alpha value is -1.79. The molecule has 1 fully saturated rings. The molecular weight excluding hydrogens is 346 g/mol. The predicted molar refractivity (Wildman–Crippen MR) is 105 cm³/mol. The fourth-order valence-corrected chi connectivity index (χ4v) is 3.91. The number of methoxy groups -OCH3 is 1. The van der Waals surface area contributed by atoms with Gasteiger partial charge in [0.05, 0.1) is 13.0 Å². The van der Waals surface area contributed by atoms with Crippen LogP contribution in [0, 0.1) is 0 Å². The number of carbonyl (C=O) groups excluding carboxylic acids is 1. The molecule has 1 aliphatic heterocycles. The molecule has 3 rings (SSSR count). The van der Waals surface area contributed by atoms with Gasteiger partial charge in [0.2, 0.25) is 5.91 Å². The molecule has 1 aromatic carbocycles. The summed E-state index contributed by atoms with van der Waals surface area (Å²) in [5.74, 6) is 1.59. The lowest BCUT2D eigenvalue weighted by Gasteiger charge is -2.33. The summed E-state index contributed by atoms with van der Waals surface area (Å²) >= 11 is 1.72. The number of amides is 1. The van der Waals surface area contributed by atoms with Crippen LogP contribution in [-0.4, -0.2) is 53.4 Å². The Balaban J connectivity index is 1.62. The van der Waals surface area contributed by atoms with Crippen LogP contribution in [-0.2, 0) is 22.5 Å². The van der Waals surface area contributed by atoms with E-state index in [4.69, 9.17) is 4.74 Å². The lowest BCUT2D eigenvalue weighted by atomic mass is 9.96. The Kier molecular flexibility index (Phi) is 6.74. The zero-order valence-corrected chi connectivity index (χ0v) is 16.4. The molecule has 5 nitrogen and oxygen atoms in total. The van der Waals surface area contributed by atoms with Crippen molar-refractivity contribution in [2.45, 2.75) is 36.6 Å². The third-order valence-corrected chi connectivity index (χ3v) is 5.68. The largest absolute Gasteiger partial charge is 0.383 e. The fraction of sp³-hybridized carbons (Fsp3) is 0.500. The van der Waals surface area contributed by atoms with Crippen molar-refractivity contribution in [2.75, 3.05) is 33.1 Å². The van der Waals surface area contributed by atoms with Crippen molar-refractivity contribution < 1.29 is 9.53 Å². The SMILES string of the molecule is COCCn1ccnc1C1CCCN(C(=O)Cc2ccc(SC)cc2)C1. The van der Waals surface area contributed by atoms with Gasteiger partial charge in [-0.1, -0.05) is 12.1 Å². The van der Waals surface area contributed by atoms with Gasteiger partial charge in [0, 0.05) is 50.0 Å². The maximum Gasteiger partial charge on any atom is 0.227 e. The van der Waals surface area contributed by atoms with Crippen molar-refractivity contribution in [3.63, 3.8) is 0 Å². The van der Waals surface area contributed by atoms with Gasteiger partial charge in [-0.2, -0.15) is 0 Å². The number of carbonyl (C=O) groups is 1. The van der Waals surface area contributed by atoms with E-state index in [1.807, 2.05) is 17.3 Å². The van der Waals surface area contributed by atoms with Crippen LogP contribution >= 0.6 is 11.8 Å². The molecule has 140 valence electrons. The Bertz CT molecular complexity index is 714. The number of piperidine rings is 1. The van der Waals surface area contributed by atoms with Crippen LogP contribution in [0.4, 0.5) is 0 Å². The van der Waals surface area contributed by atoms with Gasteiger partial charge >= 0.3 is 0 Å². The lowest BCUT2D eigenvalue weighted by Crippen LogP contribution is -2.40. The third kappa shape index (κ3) is 4.68. The second kappa shape index (κ2) is 9.24. The second-order valence-electron chi connectivity index (χ2n) is 6.68. The molecule has 1 atom stereocenters. The van der Waals surface area contributed by atoms with Gasteiger partial charge in [0.25, 0.3) is 0 Å². The van der Waals surface area contributed by atoms with E-state index < -0.39 is 0 Å². The normalized spacial score (nSPS) is 17.5. The van der Waals surface area contributed by atoms with Crippen molar-refractivity contribution in [2.24, 2.45) is 0 Å². The maximum absolute atomic E-state index is 12.8. The van der Waals surface area contributed by atoms with E-state index in [0.717, 1.165) is 43.9 Å². The highest BCUT2D eigenvalue weighted by Crippen LogP contribution is 2.26. The number of hydrogen-bond acceptors (Lipinski definition) is 4. The minimum absolute atomic E-state index is 0.210. The van der Waals surface area contributed by atoms with Crippen molar-refractivity contribution in [1.29, 1.82) is 0 Å². The number of nitrogens with zero attached hydrogens (tertiary/aromatic N) is 3. The molecular formula is C20H27N3O2S. The Morgan fingerprint density at radius 2 is 2.15 bits per heavy atom. The maximum atomic E-state index is 12.8. The summed E-state index contributed by atoms with van der Waals surface area (Å²) in [5, 5.41) is 0. The first kappa shape index (κ1) is 19.0. The van der Waals surface area contributed by atoms with E-state index in [0.29, 0.717) is 18.9 Å². The zero-order valence-electron chi connectivity index (χ0n) is 15.6. The van der Waals surface area contributed by atoms with Gasteiger partial charge in [-0.3, -0.25) is 4.79 Å². The van der Waals surface area contributed by atoms with E-state index >= 15 is 0 Å². The smallest absolute Gasteiger partial charge is 0.227 e. The summed E-state index contributed by atoms with van der Waals surface area (Å²) in [5.41, 5.74) is 1.08. The lowest BCUT2D eigenvalue weighted by molar-refractivity contribution is -0.131. The summed E-state index contributed by atoms with van der Waals surface area (Å²) in [6.07, 6.45) is 8.49. The minimum atomic E-state index is 0.210. The molecule has 1 amide bonds. The predicted octanol–water partition coefficient (Wildman–Crippen LogP) is 3.20. The summed E-state index contributed by atoms with van der Waals surface area (Å²) in [7, 11) is 1.71. The van der Waals surface area contributed by atoms with E-state index in [2.05, 4.69) is 40.1 Å². The number of hydrogen-bond donors (Lipinski definition) is 0. The first-order valence-electron chi connectivity index (χ1n) is 9.12. The van der Waals surface area contributed by atoms with Crippen LogP contribution < -0.4 is 0 Å². The molecule has 0 radical (unpaired) electrons. The number of imidazole rings is 1. The average molecular weight is 374 g/mol. The minimum Gasteiger partial charge on any atom is -0.383 e. The van der Waals surface area contributed by atoms with Crippen LogP contribution in [0.1, 0.15) is 30.1 Å². The van der Waals surface area contributed by atoms with Gasteiger partial charge < -0.3 is 14.2 Å². The molecule has 0 saturated carbocycles. The molecule has 1 saturated heterocycles. The molecule has 2 aromatic rings. The third-order valence-electron chi connectivity index (χ3n) is 4.94. The topological polar surface area (TPSA) is 47.4 Å². The standard InChI is InChI=1S/C20H27N3O2S/c1-25-13-12-22-11-9-21-20(22)17-4-3-10-23(15-17)19(24)14-16-5-7-18(26-2)8-6-16/h5-9,11,17H,3-4,10,12-15H2,1-2H3. The summed E-state index contributed by atoms with van der Waals surface area (Å²) < 4.78 is 7.34. The number of benzene rings is 1. The Morgan fingerprint density at radius 1 is 1.35 bits per heavy atom. The average Bonchev–Trinajstić information content (AvgIpc) is 3.15. The highest BCUT2D eigenvalue weighted by atomic mass is 32.2. The fourth-order valence-electron chi connectivity index (χ4n) is 3.50. The van der Waals surface area contributed by atoms with E-state index in [-0.39, 0.29) is 5.91 Å². The highest BCUT2D eigenvalue weighted by Gasteiger charge is 2.27. The number of thioether (sulfide) groups is 1. The first-order valence-corrected chi connectivity index (χ1v) is 10.3. The molecule has 1 unspecified atom stereocenters. The molecule has 0 aliphatic carbocycles. The van der Waals surface area contributed by atoms with Crippen molar-refractivity contribution in [3.05, 3.63) is 48.0 Å². The summed E-state index contributed by atoms with van der Waals surface area (Å²) in [4.78, 5) is 20.6. The van der Waals surface area contributed by atoms with Gasteiger partial charge in [0.1, 0.15) is 5.82 Å². The summed E-state index contributed by atoms with van der Waals surface area (Å²) in [6.45, 7) is 3.07. The molecule has 2 heterocycles. The number of ether oxygens (including phenoxy) is 1. The molecule has 0 bridgehead atoms. The van der Waals surface area contributed by atoms with Crippen LogP contribution in [0.25, 0.3) is 0 Å². The Morgan fingerprint density at radius 3 is 2.88 bits per heavy atom. The van der Waals surface area contributed by atoms with Crippen LogP contribution in [0.15, 0.2) is 41.6 Å². The van der Waals surface area contributed by atoms with Gasteiger partial charge in [-0.15, -0.1) is 11.8 Å². The van der Waals surface area contributed by atoms with Crippen LogP contribution in [0.2, 0.25) is 0 Å². The first-order chi connectivity index (χ1) is 12.7. The van der Waals surface area contributed by atoms with Crippen LogP contribution in [0.3, 0.4) is 0 Å². The number of aromatic nitrogens is 2. The van der Waals surface area contributed by atoms with Crippen molar-refractivity contribution in [3.8, 4) is 0 Å². The van der Waals surface area contributed by atoms with Crippen molar-refractivity contribution >= 4 is 17.7 Å². The van der Waals surface area contributed by atoms with E-state index in [9.17, 15) is 4.79 Å². The molecule has 0 N–H and O–H groups in total. The van der Waals surface area contributed by atoms with E-state index in [1.54, 1.807) is 18.9 Å². The number of rotatable bonds is 7. The van der Waals surface area contributed by atoms with Gasteiger partial charge in [-0.05, 0) is 36.8 Å². The Labute approximate surface area is 159 Å². The van der Waals surface area contributed by atoms with Gasteiger partial charge in [-0.25, -0.2) is 4.98 Å². The highest BCUT2D eigenvalue weighted by molar-refractivity contribution is 7.98. The second-order valence-corrected chi connectivity index (χ2v) is 7.56. The van der Waals surface area contributed by atoms with Gasteiger partial charge in [0.15, 0.2) is 0 Å². The zero-order chi connectivity index (χ0) is 18.4. The summed E-state index contributed by atoms with van der Waals surface area (Å²) in [6, 6.07) is 8.28. The van der Waals surface area contributed by atoms with Crippen LogP contribution in [0.5, 0.6) is 0 Å². The quantitative estimate of drug-likeness (QED) is 0.699.